The summed E-state index contributed by atoms with van der Waals surface area (Å²) in [5.41, 5.74) is 0.569. The van der Waals surface area contributed by atoms with E-state index in [0.717, 1.165) is 14.9 Å². The first-order valence-electron chi connectivity index (χ1n) is 5.47. The summed E-state index contributed by atoms with van der Waals surface area (Å²) in [4.78, 5) is 17.2. The summed E-state index contributed by atoms with van der Waals surface area (Å²) in [6, 6.07) is 7.22. The molecular weight excluding hydrogens is 348 g/mol. The van der Waals surface area contributed by atoms with Gasteiger partial charge >= 0.3 is 0 Å². The molecule has 6 heteroatoms. The zero-order chi connectivity index (χ0) is 13.6. The van der Waals surface area contributed by atoms with Crippen molar-refractivity contribution < 1.29 is 0 Å². The minimum absolute atomic E-state index is 0.255. The van der Waals surface area contributed by atoms with Crippen molar-refractivity contribution in [3.8, 4) is 10.7 Å². The first-order valence-corrected chi connectivity index (χ1v) is 7.52. The summed E-state index contributed by atoms with van der Waals surface area (Å²) >= 11 is 10.9. The molecule has 0 saturated heterocycles. The van der Waals surface area contributed by atoms with Crippen molar-refractivity contribution in [1.82, 2.24) is 9.55 Å². The van der Waals surface area contributed by atoms with Crippen molar-refractivity contribution in [3.05, 3.63) is 49.5 Å². The molecule has 0 atom stereocenters. The summed E-state index contributed by atoms with van der Waals surface area (Å²) in [5, 5.41) is 3.04. The predicted octanol–water partition coefficient (Wildman–Crippen LogP) is 4.08. The standard InChI is InChI=1S/C13H8BrClN2OS/c1-17-10-3-2-8(15)5-9(10)13(18)16-12(17)11-4-7(14)6-19-11/h2-6H,1H3. The van der Waals surface area contributed by atoms with Crippen LogP contribution in [0.4, 0.5) is 0 Å². The Morgan fingerprint density at radius 2 is 2.16 bits per heavy atom. The highest BCUT2D eigenvalue weighted by Crippen LogP contribution is 2.29. The molecule has 19 heavy (non-hydrogen) atoms. The van der Waals surface area contributed by atoms with Gasteiger partial charge in [-0.05, 0) is 40.2 Å². The second-order valence-corrected chi connectivity index (χ2v) is 6.35. The summed E-state index contributed by atoms with van der Waals surface area (Å²) in [5.74, 6) is 0.663. The van der Waals surface area contributed by atoms with E-state index in [9.17, 15) is 4.79 Å². The Balaban J connectivity index is 2.37. The average Bonchev–Trinajstić information content (AvgIpc) is 2.80. The Morgan fingerprint density at radius 1 is 1.37 bits per heavy atom. The van der Waals surface area contributed by atoms with Crippen molar-refractivity contribution in [3.63, 3.8) is 0 Å². The van der Waals surface area contributed by atoms with E-state index < -0.39 is 0 Å². The van der Waals surface area contributed by atoms with E-state index >= 15 is 0 Å². The maximum absolute atomic E-state index is 12.1. The molecule has 2 aromatic heterocycles. The molecule has 0 aliphatic rings. The van der Waals surface area contributed by atoms with Crippen LogP contribution in [0.2, 0.25) is 5.02 Å². The number of fused-ring (bicyclic) bond motifs is 1. The molecule has 0 aliphatic carbocycles. The monoisotopic (exact) mass is 354 g/mol. The van der Waals surface area contributed by atoms with E-state index in [-0.39, 0.29) is 5.56 Å². The minimum atomic E-state index is -0.255. The third-order valence-corrected chi connectivity index (χ3v) is 4.79. The number of hydrogen-bond acceptors (Lipinski definition) is 3. The average molecular weight is 356 g/mol. The number of rotatable bonds is 1. The van der Waals surface area contributed by atoms with Crippen LogP contribution in [-0.4, -0.2) is 9.55 Å². The Labute approximate surface area is 126 Å². The predicted molar refractivity (Wildman–Crippen MR) is 83.0 cm³/mol. The quantitative estimate of drug-likeness (QED) is 0.659. The van der Waals surface area contributed by atoms with Gasteiger partial charge in [-0.1, -0.05) is 11.6 Å². The lowest BCUT2D eigenvalue weighted by atomic mass is 10.2. The Morgan fingerprint density at radius 3 is 2.84 bits per heavy atom. The summed E-state index contributed by atoms with van der Waals surface area (Å²) in [6.07, 6.45) is 0. The maximum atomic E-state index is 12.1. The van der Waals surface area contributed by atoms with Crippen molar-refractivity contribution in [2.45, 2.75) is 0 Å². The van der Waals surface area contributed by atoms with E-state index in [0.29, 0.717) is 16.2 Å². The third kappa shape index (κ3) is 2.22. The highest BCUT2D eigenvalue weighted by Gasteiger charge is 2.11. The molecular formula is C13H8BrClN2OS. The summed E-state index contributed by atoms with van der Waals surface area (Å²) in [7, 11) is 1.89. The van der Waals surface area contributed by atoms with Crippen LogP contribution in [-0.2, 0) is 7.05 Å². The lowest BCUT2D eigenvalue weighted by Gasteiger charge is -2.09. The van der Waals surface area contributed by atoms with Gasteiger partial charge in [0.15, 0.2) is 5.82 Å². The molecule has 0 saturated carbocycles. The fraction of sp³-hybridized carbons (Fsp3) is 0.0769. The highest BCUT2D eigenvalue weighted by atomic mass is 79.9. The Hall–Kier alpha value is -1.17. The minimum Gasteiger partial charge on any atom is -0.327 e. The van der Waals surface area contributed by atoms with Crippen molar-refractivity contribution in [2.24, 2.45) is 7.05 Å². The lowest BCUT2D eigenvalue weighted by Crippen LogP contribution is -2.14. The number of nitrogens with zero attached hydrogens (tertiary/aromatic N) is 2. The fourth-order valence-corrected chi connectivity index (χ4v) is 3.59. The van der Waals surface area contributed by atoms with Gasteiger partial charge in [0.2, 0.25) is 0 Å². The van der Waals surface area contributed by atoms with E-state index in [4.69, 9.17) is 11.6 Å². The van der Waals surface area contributed by atoms with Crippen LogP contribution in [0.15, 0.2) is 38.9 Å². The second kappa shape index (κ2) is 4.74. The molecule has 0 bridgehead atoms. The summed E-state index contributed by atoms with van der Waals surface area (Å²) < 4.78 is 2.89. The van der Waals surface area contributed by atoms with Crippen LogP contribution < -0.4 is 5.56 Å². The van der Waals surface area contributed by atoms with Gasteiger partial charge in [-0.15, -0.1) is 11.3 Å². The van der Waals surface area contributed by atoms with E-state index in [1.165, 1.54) is 0 Å². The normalized spacial score (nSPS) is 11.1. The van der Waals surface area contributed by atoms with Gasteiger partial charge in [0, 0.05) is 21.9 Å². The van der Waals surface area contributed by atoms with Crippen LogP contribution in [0.5, 0.6) is 0 Å². The van der Waals surface area contributed by atoms with Gasteiger partial charge in [-0.2, -0.15) is 4.98 Å². The van der Waals surface area contributed by atoms with Gasteiger partial charge in [0.25, 0.3) is 5.56 Å². The number of thiophene rings is 1. The molecule has 0 spiro atoms. The molecule has 3 nitrogen and oxygen atoms in total. The first kappa shape index (κ1) is 12.8. The Kier molecular flexibility index (Phi) is 3.20. The number of aryl methyl sites for hydroxylation is 1. The largest absolute Gasteiger partial charge is 0.327 e. The van der Waals surface area contributed by atoms with Crippen LogP contribution in [0, 0.1) is 0 Å². The molecule has 0 unspecified atom stereocenters. The molecule has 3 rings (SSSR count). The second-order valence-electron chi connectivity index (χ2n) is 4.09. The zero-order valence-corrected chi connectivity index (χ0v) is 13.0. The van der Waals surface area contributed by atoms with Gasteiger partial charge in [-0.3, -0.25) is 4.79 Å². The molecule has 96 valence electrons. The van der Waals surface area contributed by atoms with Gasteiger partial charge in [-0.25, -0.2) is 0 Å². The smallest absolute Gasteiger partial charge is 0.281 e. The number of aromatic nitrogens is 2. The first-order chi connectivity index (χ1) is 9.06. The molecule has 1 aromatic carbocycles. The van der Waals surface area contributed by atoms with E-state index in [1.54, 1.807) is 23.5 Å². The molecule has 0 fully saturated rings. The Bertz CT molecular complexity index is 840. The van der Waals surface area contributed by atoms with Gasteiger partial charge < -0.3 is 4.57 Å². The molecule has 0 radical (unpaired) electrons. The number of hydrogen-bond donors (Lipinski definition) is 0. The van der Waals surface area contributed by atoms with Crippen LogP contribution in [0.25, 0.3) is 21.6 Å². The number of benzene rings is 1. The maximum Gasteiger partial charge on any atom is 0.281 e. The van der Waals surface area contributed by atoms with Gasteiger partial charge in [0.1, 0.15) is 0 Å². The van der Waals surface area contributed by atoms with E-state index in [2.05, 4.69) is 20.9 Å². The molecule has 0 N–H and O–H groups in total. The summed E-state index contributed by atoms with van der Waals surface area (Å²) in [6.45, 7) is 0. The van der Waals surface area contributed by atoms with Crippen molar-refractivity contribution in [1.29, 1.82) is 0 Å². The van der Waals surface area contributed by atoms with Crippen molar-refractivity contribution >= 4 is 49.8 Å². The molecule has 0 aliphatic heterocycles. The SMILES string of the molecule is Cn1c(-c2cc(Br)cs2)nc(=O)c2cc(Cl)ccc21. The van der Waals surface area contributed by atoms with Crippen LogP contribution in [0.3, 0.4) is 0 Å². The lowest BCUT2D eigenvalue weighted by molar-refractivity contribution is 0.919. The molecule has 3 aromatic rings. The van der Waals surface area contributed by atoms with E-state index in [1.807, 2.05) is 29.1 Å². The van der Waals surface area contributed by atoms with Gasteiger partial charge in [0.05, 0.1) is 15.8 Å². The third-order valence-electron chi connectivity index (χ3n) is 2.86. The van der Waals surface area contributed by atoms with Crippen LogP contribution in [0.1, 0.15) is 0 Å². The van der Waals surface area contributed by atoms with Crippen molar-refractivity contribution in [2.75, 3.05) is 0 Å². The molecule has 0 amide bonds. The molecule has 2 heterocycles. The highest BCUT2D eigenvalue weighted by molar-refractivity contribution is 9.10. The zero-order valence-electron chi connectivity index (χ0n) is 9.85. The topological polar surface area (TPSA) is 34.9 Å². The van der Waals surface area contributed by atoms with Crippen LogP contribution >= 0.6 is 38.9 Å². The fourth-order valence-electron chi connectivity index (χ4n) is 1.97. The number of halogens is 2.